The van der Waals surface area contributed by atoms with E-state index in [0.29, 0.717) is 45.3 Å². The Hall–Kier alpha value is -3.03. The zero-order chi connectivity index (χ0) is 24.9. The molecule has 8 heteroatoms. The Morgan fingerprint density at radius 1 is 1.17 bits per heavy atom. The zero-order valence-electron chi connectivity index (χ0n) is 20.0. The van der Waals surface area contributed by atoms with Gasteiger partial charge in [-0.1, -0.05) is 36.7 Å². The van der Waals surface area contributed by atoms with E-state index in [1.807, 2.05) is 31.2 Å². The molecule has 3 aromatic rings. The molecule has 4 rings (SSSR count). The molecule has 0 unspecified atom stereocenters. The van der Waals surface area contributed by atoms with Gasteiger partial charge in [-0.2, -0.15) is 0 Å². The molecule has 184 valence electrons. The van der Waals surface area contributed by atoms with Crippen molar-refractivity contribution in [3.63, 3.8) is 0 Å². The van der Waals surface area contributed by atoms with Crippen molar-refractivity contribution >= 4 is 45.4 Å². The Kier molecular flexibility index (Phi) is 7.98. The summed E-state index contributed by atoms with van der Waals surface area (Å²) in [5.74, 6) is 1.05. The van der Waals surface area contributed by atoms with Gasteiger partial charge in [0.25, 0.3) is 11.8 Å². The normalized spacial score (nSPS) is 15.6. The standard InChI is InChI=1S/C27H29ClN2O4S/c1-4-33-22-11-6-5-10-21(22)29-26(32)24-20-13-12-16(2)14-23(20)35-27(24)30-25(31)17(3)34-19-9-7-8-18(28)15-19/h5-11,15-17H,4,12-14H2,1-3H3,(H,29,32)(H,30,31)/t16-,17-/m0/s1. The van der Waals surface area contributed by atoms with E-state index in [1.165, 1.54) is 11.3 Å². The van der Waals surface area contributed by atoms with Gasteiger partial charge in [-0.25, -0.2) is 0 Å². The lowest BCUT2D eigenvalue weighted by Gasteiger charge is -2.19. The van der Waals surface area contributed by atoms with Crippen LogP contribution in [0.25, 0.3) is 0 Å². The van der Waals surface area contributed by atoms with Gasteiger partial charge in [0, 0.05) is 9.90 Å². The van der Waals surface area contributed by atoms with Gasteiger partial charge in [-0.05, 0) is 74.9 Å². The first-order valence-corrected chi connectivity index (χ1v) is 13.0. The summed E-state index contributed by atoms with van der Waals surface area (Å²) >= 11 is 7.50. The summed E-state index contributed by atoms with van der Waals surface area (Å²) < 4.78 is 11.4. The van der Waals surface area contributed by atoms with Crippen LogP contribution in [0.5, 0.6) is 11.5 Å². The maximum absolute atomic E-state index is 13.5. The van der Waals surface area contributed by atoms with Crippen LogP contribution in [0.1, 0.15) is 48.0 Å². The van der Waals surface area contributed by atoms with Gasteiger partial charge in [0.05, 0.1) is 17.9 Å². The molecule has 1 aliphatic rings. The minimum absolute atomic E-state index is 0.261. The molecule has 6 nitrogen and oxygen atoms in total. The minimum Gasteiger partial charge on any atom is -0.492 e. The summed E-state index contributed by atoms with van der Waals surface area (Å²) in [6.45, 7) is 6.27. The molecule has 2 N–H and O–H groups in total. The van der Waals surface area contributed by atoms with Crippen LogP contribution in [-0.4, -0.2) is 24.5 Å². The zero-order valence-corrected chi connectivity index (χ0v) is 21.6. The molecular weight excluding hydrogens is 484 g/mol. The van der Waals surface area contributed by atoms with Crippen molar-refractivity contribution in [2.24, 2.45) is 5.92 Å². The number of benzene rings is 2. The second-order valence-corrected chi connectivity index (χ2v) is 10.2. The van der Waals surface area contributed by atoms with Gasteiger partial charge in [-0.3, -0.25) is 9.59 Å². The number of hydrogen-bond acceptors (Lipinski definition) is 5. The van der Waals surface area contributed by atoms with Crippen LogP contribution in [0.4, 0.5) is 10.7 Å². The number of amides is 2. The Balaban J connectivity index is 1.59. The van der Waals surface area contributed by atoms with Crippen LogP contribution < -0.4 is 20.1 Å². The molecule has 2 atom stereocenters. The Labute approximate surface area is 214 Å². The molecule has 1 heterocycles. The first-order valence-electron chi connectivity index (χ1n) is 11.8. The van der Waals surface area contributed by atoms with Gasteiger partial charge < -0.3 is 20.1 Å². The van der Waals surface area contributed by atoms with Crippen molar-refractivity contribution in [1.82, 2.24) is 0 Å². The number of anilines is 2. The Bertz CT molecular complexity index is 1230. The van der Waals surface area contributed by atoms with Gasteiger partial charge in [0.1, 0.15) is 16.5 Å². The van der Waals surface area contributed by atoms with Gasteiger partial charge >= 0.3 is 0 Å². The van der Waals surface area contributed by atoms with E-state index in [4.69, 9.17) is 21.1 Å². The first kappa shape index (κ1) is 25.1. The molecule has 2 amide bonds. The molecule has 1 aliphatic carbocycles. The number of hydrogen-bond donors (Lipinski definition) is 2. The topological polar surface area (TPSA) is 76.7 Å². The van der Waals surface area contributed by atoms with E-state index in [9.17, 15) is 9.59 Å². The first-order chi connectivity index (χ1) is 16.9. The quantitative estimate of drug-likeness (QED) is 0.357. The number of carbonyl (C=O) groups excluding carboxylic acids is 2. The molecule has 0 spiro atoms. The molecule has 0 bridgehead atoms. The Morgan fingerprint density at radius 2 is 1.97 bits per heavy atom. The second kappa shape index (κ2) is 11.1. The number of ether oxygens (including phenoxy) is 2. The number of halogens is 1. The van der Waals surface area contributed by atoms with Gasteiger partial charge in [0.2, 0.25) is 0 Å². The van der Waals surface area contributed by atoms with Gasteiger partial charge in [-0.15, -0.1) is 11.3 Å². The lowest BCUT2D eigenvalue weighted by molar-refractivity contribution is -0.122. The molecule has 35 heavy (non-hydrogen) atoms. The highest BCUT2D eigenvalue weighted by atomic mass is 35.5. The average Bonchev–Trinajstić information content (AvgIpc) is 3.17. The van der Waals surface area contributed by atoms with Crippen molar-refractivity contribution in [1.29, 1.82) is 0 Å². The Morgan fingerprint density at radius 3 is 2.74 bits per heavy atom. The van der Waals surface area contributed by atoms with Crippen LogP contribution in [0, 0.1) is 5.92 Å². The number of fused-ring (bicyclic) bond motifs is 1. The number of para-hydroxylation sites is 2. The van der Waals surface area contributed by atoms with Crippen LogP contribution in [0.15, 0.2) is 48.5 Å². The van der Waals surface area contributed by atoms with Crippen molar-refractivity contribution in [3.8, 4) is 11.5 Å². The van der Waals surface area contributed by atoms with Gasteiger partial charge in [0.15, 0.2) is 6.10 Å². The highest BCUT2D eigenvalue weighted by Crippen LogP contribution is 2.40. The van der Waals surface area contributed by atoms with Crippen LogP contribution in [0.2, 0.25) is 5.02 Å². The smallest absolute Gasteiger partial charge is 0.265 e. The number of rotatable bonds is 8. The monoisotopic (exact) mass is 512 g/mol. The molecular formula is C27H29ClN2O4S. The largest absolute Gasteiger partial charge is 0.492 e. The summed E-state index contributed by atoms with van der Waals surface area (Å²) in [5.41, 5.74) is 2.13. The SMILES string of the molecule is CCOc1ccccc1NC(=O)c1c(NC(=O)[C@H](C)Oc2cccc(Cl)c2)sc2c1CC[C@H](C)C2. The fourth-order valence-electron chi connectivity index (χ4n) is 4.13. The summed E-state index contributed by atoms with van der Waals surface area (Å²) in [7, 11) is 0. The van der Waals surface area contributed by atoms with Crippen molar-refractivity contribution in [3.05, 3.63) is 69.6 Å². The van der Waals surface area contributed by atoms with E-state index in [0.717, 1.165) is 29.7 Å². The van der Waals surface area contributed by atoms with E-state index in [1.54, 1.807) is 31.2 Å². The maximum Gasteiger partial charge on any atom is 0.265 e. The predicted molar refractivity (Wildman–Crippen MR) is 141 cm³/mol. The fraction of sp³-hybridized carbons (Fsp3) is 0.333. The highest BCUT2D eigenvalue weighted by molar-refractivity contribution is 7.17. The molecule has 0 aliphatic heterocycles. The lowest BCUT2D eigenvalue weighted by Crippen LogP contribution is -2.30. The lowest BCUT2D eigenvalue weighted by atomic mass is 9.88. The van der Waals surface area contributed by atoms with Crippen LogP contribution in [0.3, 0.4) is 0 Å². The van der Waals surface area contributed by atoms with Crippen LogP contribution >= 0.6 is 22.9 Å². The summed E-state index contributed by atoms with van der Waals surface area (Å²) in [4.78, 5) is 27.7. The molecule has 2 aromatic carbocycles. The van der Waals surface area contributed by atoms with Crippen LogP contribution in [-0.2, 0) is 17.6 Å². The highest BCUT2D eigenvalue weighted by Gasteiger charge is 2.29. The number of carbonyl (C=O) groups is 2. The number of nitrogens with one attached hydrogen (secondary N) is 2. The average molecular weight is 513 g/mol. The minimum atomic E-state index is -0.777. The fourth-order valence-corrected chi connectivity index (χ4v) is 5.72. The molecule has 0 saturated heterocycles. The second-order valence-electron chi connectivity index (χ2n) is 8.65. The summed E-state index contributed by atoms with van der Waals surface area (Å²) in [5, 5.41) is 7.02. The molecule has 0 radical (unpaired) electrons. The van der Waals surface area contributed by atoms with E-state index >= 15 is 0 Å². The third-order valence-electron chi connectivity index (χ3n) is 5.89. The summed E-state index contributed by atoms with van der Waals surface area (Å²) in [6.07, 6.45) is 1.91. The number of thiophene rings is 1. The summed E-state index contributed by atoms with van der Waals surface area (Å²) in [6, 6.07) is 14.2. The maximum atomic E-state index is 13.5. The third-order valence-corrected chi connectivity index (χ3v) is 7.29. The third kappa shape index (κ3) is 5.97. The van der Waals surface area contributed by atoms with E-state index in [2.05, 4.69) is 17.6 Å². The van der Waals surface area contributed by atoms with Crippen molar-refractivity contribution < 1.29 is 19.1 Å². The molecule has 0 saturated carbocycles. The van der Waals surface area contributed by atoms with E-state index in [-0.39, 0.29) is 11.8 Å². The predicted octanol–water partition coefficient (Wildman–Crippen LogP) is 6.58. The molecule has 0 fully saturated rings. The van der Waals surface area contributed by atoms with Crippen molar-refractivity contribution in [2.45, 2.75) is 46.1 Å². The van der Waals surface area contributed by atoms with E-state index < -0.39 is 6.10 Å². The van der Waals surface area contributed by atoms with Crippen molar-refractivity contribution in [2.75, 3.05) is 17.2 Å². The molecule has 1 aromatic heterocycles.